The van der Waals surface area contributed by atoms with Crippen molar-refractivity contribution in [1.82, 2.24) is 0 Å². The van der Waals surface area contributed by atoms with E-state index in [1.54, 1.807) is 54.6 Å². The van der Waals surface area contributed by atoms with Crippen LogP contribution in [0, 0.1) is 0 Å². The van der Waals surface area contributed by atoms with Gasteiger partial charge in [0.25, 0.3) is 0 Å². The number of allylic oxidation sites excluding steroid dienone is 1. The maximum absolute atomic E-state index is 12.1. The molecular formula is C20H18Cl2O5. The van der Waals surface area contributed by atoms with Crippen molar-refractivity contribution in [2.45, 2.75) is 11.8 Å². The van der Waals surface area contributed by atoms with Gasteiger partial charge in [0, 0.05) is 6.42 Å². The van der Waals surface area contributed by atoms with Crippen LogP contribution in [0.5, 0.6) is 5.75 Å². The molecule has 0 amide bonds. The lowest BCUT2D eigenvalue weighted by molar-refractivity contribution is -0.142. The van der Waals surface area contributed by atoms with Crippen LogP contribution in [0.25, 0.3) is 0 Å². The second kappa shape index (κ2) is 9.26. The minimum atomic E-state index is -1.37. The third-order valence-corrected chi connectivity index (χ3v) is 4.16. The van der Waals surface area contributed by atoms with Gasteiger partial charge in [-0.1, -0.05) is 54.6 Å². The molecule has 1 unspecified atom stereocenters. The van der Waals surface area contributed by atoms with Gasteiger partial charge in [-0.05, 0) is 23.8 Å². The van der Waals surface area contributed by atoms with E-state index in [2.05, 4.69) is 0 Å². The van der Waals surface area contributed by atoms with Crippen molar-refractivity contribution in [3.05, 3.63) is 89.7 Å². The highest BCUT2D eigenvalue weighted by Gasteiger charge is 2.43. The smallest absolute Gasteiger partial charge is 0.339 e. The molecule has 0 spiro atoms. The Kier molecular flexibility index (Phi) is 7.64. The lowest BCUT2D eigenvalue weighted by atomic mass is 9.73. The molecule has 1 aliphatic carbocycles. The van der Waals surface area contributed by atoms with E-state index in [-0.39, 0.29) is 42.6 Å². The Labute approximate surface area is 168 Å². The number of benzene rings is 2. The molecule has 0 bridgehead atoms. The van der Waals surface area contributed by atoms with Crippen molar-refractivity contribution in [2.24, 2.45) is 0 Å². The SMILES string of the molecule is Cl.Cl.O=C(O)C1=C(Oc2ccccc2)CC(C(=O)O)(c2ccccc2)C=C1. The fraction of sp³-hybridized carbons (Fsp3) is 0.100. The molecule has 2 N–H and O–H groups in total. The quantitative estimate of drug-likeness (QED) is 0.772. The zero-order valence-corrected chi connectivity index (χ0v) is 15.7. The third kappa shape index (κ3) is 4.51. The topological polar surface area (TPSA) is 83.8 Å². The molecule has 0 saturated heterocycles. The van der Waals surface area contributed by atoms with Crippen LogP contribution in [0.1, 0.15) is 12.0 Å². The van der Waals surface area contributed by atoms with Crippen molar-refractivity contribution in [3.63, 3.8) is 0 Å². The van der Waals surface area contributed by atoms with E-state index in [4.69, 9.17) is 4.74 Å². The van der Waals surface area contributed by atoms with Gasteiger partial charge >= 0.3 is 11.9 Å². The lowest BCUT2D eigenvalue weighted by Gasteiger charge is -2.31. The molecule has 0 radical (unpaired) electrons. The second-order valence-electron chi connectivity index (χ2n) is 5.71. The molecule has 1 atom stereocenters. The molecule has 2 aromatic carbocycles. The third-order valence-electron chi connectivity index (χ3n) is 4.16. The largest absolute Gasteiger partial charge is 0.480 e. The van der Waals surface area contributed by atoms with Crippen molar-refractivity contribution in [1.29, 1.82) is 0 Å². The van der Waals surface area contributed by atoms with Gasteiger partial charge < -0.3 is 14.9 Å². The molecule has 2 aromatic rings. The Morgan fingerprint density at radius 2 is 1.44 bits per heavy atom. The van der Waals surface area contributed by atoms with Gasteiger partial charge in [0.05, 0.1) is 5.57 Å². The number of rotatable bonds is 5. The van der Waals surface area contributed by atoms with E-state index in [0.717, 1.165) is 0 Å². The van der Waals surface area contributed by atoms with E-state index in [1.807, 2.05) is 6.07 Å². The predicted molar refractivity (Wildman–Crippen MR) is 106 cm³/mol. The average molecular weight is 409 g/mol. The summed E-state index contributed by atoms with van der Waals surface area (Å²) in [6.45, 7) is 0. The molecule has 3 rings (SSSR count). The summed E-state index contributed by atoms with van der Waals surface area (Å²) < 4.78 is 5.74. The molecule has 0 aliphatic heterocycles. The van der Waals surface area contributed by atoms with Gasteiger partial charge in [-0.25, -0.2) is 4.79 Å². The first kappa shape index (κ1) is 22.3. The monoisotopic (exact) mass is 408 g/mol. The number of para-hydroxylation sites is 1. The molecule has 0 saturated carbocycles. The van der Waals surface area contributed by atoms with Gasteiger partial charge in [-0.2, -0.15) is 0 Å². The van der Waals surface area contributed by atoms with Crippen LogP contribution in [-0.2, 0) is 15.0 Å². The molecule has 142 valence electrons. The van der Waals surface area contributed by atoms with Crippen molar-refractivity contribution in [3.8, 4) is 5.75 Å². The number of hydrogen-bond acceptors (Lipinski definition) is 3. The summed E-state index contributed by atoms with van der Waals surface area (Å²) >= 11 is 0. The normalized spacial score (nSPS) is 18.1. The van der Waals surface area contributed by atoms with Crippen LogP contribution in [0.15, 0.2) is 84.1 Å². The van der Waals surface area contributed by atoms with Crippen molar-refractivity contribution in [2.75, 3.05) is 0 Å². The Bertz CT molecular complexity index is 862. The number of hydrogen-bond donors (Lipinski definition) is 2. The Hall–Kier alpha value is -2.76. The first-order valence-corrected chi connectivity index (χ1v) is 7.70. The minimum absolute atomic E-state index is 0. The Morgan fingerprint density at radius 3 is 1.96 bits per heavy atom. The Balaban J connectivity index is 0.00000182. The summed E-state index contributed by atoms with van der Waals surface area (Å²) in [4.78, 5) is 23.6. The highest BCUT2D eigenvalue weighted by Crippen LogP contribution is 2.39. The predicted octanol–water partition coefficient (Wildman–Crippen LogP) is 4.23. The summed E-state index contributed by atoms with van der Waals surface area (Å²) in [6.07, 6.45) is 2.65. The van der Waals surface area contributed by atoms with Crippen LogP contribution in [0.4, 0.5) is 0 Å². The number of carbonyl (C=O) groups is 2. The fourth-order valence-corrected chi connectivity index (χ4v) is 2.84. The van der Waals surface area contributed by atoms with Crippen LogP contribution in [0.2, 0.25) is 0 Å². The van der Waals surface area contributed by atoms with Gasteiger partial charge in [0.1, 0.15) is 16.9 Å². The molecule has 1 aliphatic rings. The van der Waals surface area contributed by atoms with Crippen molar-refractivity contribution >= 4 is 36.8 Å². The zero-order valence-electron chi connectivity index (χ0n) is 14.1. The maximum Gasteiger partial charge on any atom is 0.339 e. The number of ether oxygens (including phenoxy) is 1. The molecule has 0 aromatic heterocycles. The molecule has 0 fully saturated rings. The van der Waals surface area contributed by atoms with E-state index < -0.39 is 17.4 Å². The van der Waals surface area contributed by atoms with Crippen LogP contribution >= 0.6 is 24.8 Å². The van der Waals surface area contributed by atoms with E-state index >= 15 is 0 Å². The lowest BCUT2D eigenvalue weighted by Crippen LogP contribution is -2.37. The fourth-order valence-electron chi connectivity index (χ4n) is 2.84. The van der Waals surface area contributed by atoms with E-state index in [1.165, 1.54) is 12.2 Å². The number of carboxylic acids is 2. The number of aliphatic carboxylic acids is 2. The highest BCUT2D eigenvalue weighted by atomic mass is 35.5. The number of carboxylic acid groups (broad SMARTS) is 2. The summed E-state index contributed by atoms with van der Waals surface area (Å²) in [5, 5.41) is 19.3. The summed E-state index contributed by atoms with van der Waals surface area (Å²) in [5.74, 6) is -1.64. The molecule has 7 heteroatoms. The molecule has 0 heterocycles. The Morgan fingerprint density at radius 1 is 0.889 bits per heavy atom. The van der Waals surface area contributed by atoms with Crippen LogP contribution in [-0.4, -0.2) is 22.2 Å². The first-order chi connectivity index (χ1) is 12.0. The van der Waals surface area contributed by atoms with Crippen LogP contribution < -0.4 is 4.74 Å². The van der Waals surface area contributed by atoms with E-state index in [9.17, 15) is 19.8 Å². The zero-order chi connectivity index (χ0) is 17.9. The van der Waals surface area contributed by atoms with Gasteiger partial charge in [0.2, 0.25) is 0 Å². The highest BCUT2D eigenvalue weighted by molar-refractivity contribution is 5.93. The first-order valence-electron chi connectivity index (χ1n) is 7.70. The molecule has 27 heavy (non-hydrogen) atoms. The standard InChI is InChI=1S/C20H16O5.2ClH/c21-18(22)16-11-12-20(19(23)24,14-7-3-1-4-8-14)13-17(16)25-15-9-5-2-6-10-15;;/h1-12H,13H2,(H,21,22)(H,23,24);2*1H. The van der Waals surface area contributed by atoms with E-state index in [0.29, 0.717) is 11.3 Å². The number of halogens is 2. The van der Waals surface area contributed by atoms with Crippen molar-refractivity contribution < 1.29 is 24.5 Å². The van der Waals surface area contributed by atoms with Gasteiger partial charge in [0.15, 0.2) is 0 Å². The summed E-state index contributed by atoms with van der Waals surface area (Å²) in [6, 6.07) is 17.4. The van der Waals surface area contributed by atoms with Gasteiger partial charge in [-0.15, -0.1) is 24.8 Å². The molecule has 5 nitrogen and oxygen atoms in total. The average Bonchev–Trinajstić information content (AvgIpc) is 2.63. The maximum atomic E-state index is 12.1. The second-order valence-corrected chi connectivity index (χ2v) is 5.71. The summed E-state index contributed by atoms with van der Waals surface area (Å²) in [5.41, 5.74) is -0.848. The summed E-state index contributed by atoms with van der Waals surface area (Å²) in [7, 11) is 0. The molecular weight excluding hydrogens is 391 g/mol. The van der Waals surface area contributed by atoms with Gasteiger partial charge in [-0.3, -0.25) is 4.79 Å². The minimum Gasteiger partial charge on any atom is -0.480 e. The van der Waals surface area contributed by atoms with Crippen LogP contribution in [0.3, 0.4) is 0 Å².